The molecule has 0 amide bonds. The molecule has 0 aromatic carbocycles. The minimum Gasteiger partial charge on any atom is -0.381 e. The first-order valence-electron chi connectivity index (χ1n) is 4.57. The van der Waals surface area contributed by atoms with Crippen LogP contribution in [0.3, 0.4) is 0 Å². The quantitative estimate of drug-likeness (QED) is 0.583. The third-order valence-electron chi connectivity index (χ3n) is 2.31. The van der Waals surface area contributed by atoms with Crippen LogP contribution in [-0.2, 0) is 9.47 Å². The fourth-order valence-corrected chi connectivity index (χ4v) is 2.01. The molecule has 2 atom stereocenters. The minimum absolute atomic E-state index is 0.443. The zero-order chi connectivity index (χ0) is 8.81. The molecule has 72 valence electrons. The standard InChI is InChI=1S/C9H17IO2/c1-11-8-4-6-12-9(7-8)3-2-5-10/h8-9H,2-7H2,1H3. The Hall–Kier alpha value is 0.650. The zero-order valence-electron chi connectivity index (χ0n) is 7.59. The van der Waals surface area contributed by atoms with Gasteiger partial charge in [-0.25, -0.2) is 0 Å². The Bertz CT molecular complexity index is 119. The minimum atomic E-state index is 0.443. The van der Waals surface area contributed by atoms with E-state index in [-0.39, 0.29) is 0 Å². The lowest BCUT2D eigenvalue weighted by molar-refractivity contribution is -0.0608. The third kappa shape index (κ3) is 3.58. The van der Waals surface area contributed by atoms with Crippen molar-refractivity contribution in [2.75, 3.05) is 18.1 Å². The summed E-state index contributed by atoms with van der Waals surface area (Å²) in [5, 5.41) is 0. The lowest BCUT2D eigenvalue weighted by Crippen LogP contribution is -2.30. The Morgan fingerprint density at radius 2 is 2.42 bits per heavy atom. The molecule has 1 aliphatic heterocycles. The van der Waals surface area contributed by atoms with Crippen LogP contribution in [0.5, 0.6) is 0 Å². The molecule has 1 heterocycles. The van der Waals surface area contributed by atoms with Gasteiger partial charge in [0.15, 0.2) is 0 Å². The maximum absolute atomic E-state index is 5.63. The number of ether oxygens (including phenoxy) is 2. The van der Waals surface area contributed by atoms with Crippen LogP contribution in [0, 0.1) is 0 Å². The molecular weight excluding hydrogens is 267 g/mol. The summed E-state index contributed by atoms with van der Waals surface area (Å²) in [6, 6.07) is 0. The van der Waals surface area contributed by atoms with Gasteiger partial charge in [0.25, 0.3) is 0 Å². The molecule has 1 fully saturated rings. The predicted molar refractivity (Wildman–Crippen MR) is 57.9 cm³/mol. The Labute approximate surface area is 88.1 Å². The van der Waals surface area contributed by atoms with Crippen molar-refractivity contribution < 1.29 is 9.47 Å². The number of rotatable bonds is 4. The monoisotopic (exact) mass is 284 g/mol. The van der Waals surface area contributed by atoms with E-state index >= 15 is 0 Å². The summed E-state index contributed by atoms with van der Waals surface area (Å²) in [5.41, 5.74) is 0. The van der Waals surface area contributed by atoms with Crippen LogP contribution in [0.4, 0.5) is 0 Å². The van der Waals surface area contributed by atoms with Crippen LogP contribution in [0.15, 0.2) is 0 Å². The molecule has 1 aliphatic rings. The lowest BCUT2D eigenvalue weighted by Gasteiger charge is -2.28. The van der Waals surface area contributed by atoms with Gasteiger partial charge in [0.05, 0.1) is 12.2 Å². The molecule has 0 radical (unpaired) electrons. The van der Waals surface area contributed by atoms with Crippen LogP contribution in [0.2, 0.25) is 0 Å². The molecule has 3 heteroatoms. The molecule has 2 nitrogen and oxygen atoms in total. The van der Waals surface area contributed by atoms with Gasteiger partial charge < -0.3 is 9.47 Å². The van der Waals surface area contributed by atoms with Gasteiger partial charge in [-0.05, 0) is 30.1 Å². The highest BCUT2D eigenvalue weighted by Crippen LogP contribution is 2.19. The fourth-order valence-electron chi connectivity index (χ4n) is 1.57. The van der Waals surface area contributed by atoms with Crippen LogP contribution in [-0.4, -0.2) is 30.4 Å². The summed E-state index contributed by atoms with van der Waals surface area (Å²) in [6.45, 7) is 0.879. The van der Waals surface area contributed by atoms with Crippen molar-refractivity contribution >= 4 is 22.6 Å². The summed E-state index contributed by atoms with van der Waals surface area (Å²) in [4.78, 5) is 0. The van der Waals surface area contributed by atoms with Gasteiger partial charge in [-0.1, -0.05) is 22.6 Å². The summed E-state index contributed by atoms with van der Waals surface area (Å²) in [5.74, 6) is 0. The highest BCUT2D eigenvalue weighted by atomic mass is 127. The molecule has 1 rings (SSSR count). The lowest BCUT2D eigenvalue weighted by atomic mass is 10.0. The molecule has 0 aromatic heterocycles. The fraction of sp³-hybridized carbons (Fsp3) is 1.00. The third-order valence-corrected chi connectivity index (χ3v) is 3.08. The average Bonchev–Trinajstić information content (AvgIpc) is 2.15. The van der Waals surface area contributed by atoms with E-state index in [9.17, 15) is 0 Å². The number of hydrogen-bond donors (Lipinski definition) is 0. The van der Waals surface area contributed by atoms with Crippen LogP contribution in [0.25, 0.3) is 0 Å². The molecule has 0 aliphatic carbocycles. The maximum Gasteiger partial charge on any atom is 0.0618 e. The summed E-state index contributed by atoms with van der Waals surface area (Å²) in [7, 11) is 1.80. The van der Waals surface area contributed by atoms with Gasteiger partial charge in [-0.3, -0.25) is 0 Å². The van der Waals surface area contributed by atoms with E-state index < -0.39 is 0 Å². The Kier molecular flexibility index (Phi) is 5.50. The van der Waals surface area contributed by atoms with Crippen molar-refractivity contribution in [3.63, 3.8) is 0 Å². The number of methoxy groups -OCH3 is 1. The SMILES string of the molecule is COC1CCOC(CCCI)C1. The first kappa shape index (κ1) is 10.7. The molecule has 1 saturated heterocycles. The summed E-state index contributed by atoms with van der Waals surface area (Å²) in [6.07, 6.45) is 5.52. The molecule has 0 saturated carbocycles. The Morgan fingerprint density at radius 3 is 3.08 bits per heavy atom. The van der Waals surface area contributed by atoms with Gasteiger partial charge in [-0.15, -0.1) is 0 Å². The van der Waals surface area contributed by atoms with E-state index in [4.69, 9.17) is 9.47 Å². The van der Waals surface area contributed by atoms with Crippen molar-refractivity contribution in [2.45, 2.75) is 37.9 Å². The van der Waals surface area contributed by atoms with E-state index in [1.807, 2.05) is 0 Å². The van der Waals surface area contributed by atoms with E-state index in [0.29, 0.717) is 12.2 Å². The molecule has 0 aromatic rings. The van der Waals surface area contributed by atoms with E-state index in [2.05, 4.69) is 22.6 Å². The van der Waals surface area contributed by atoms with Crippen molar-refractivity contribution in [3.05, 3.63) is 0 Å². The van der Waals surface area contributed by atoms with Crippen molar-refractivity contribution in [2.24, 2.45) is 0 Å². The highest BCUT2D eigenvalue weighted by molar-refractivity contribution is 14.1. The normalized spacial score (nSPS) is 30.5. The Balaban J connectivity index is 2.16. The molecule has 12 heavy (non-hydrogen) atoms. The maximum atomic E-state index is 5.63. The molecule has 0 bridgehead atoms. The first-order valence-corrected chi connectivity index (χ1v) is 6.09. The van der Waals surface area contributed by atoms with Crippen molar-refractivity contribution in [1.29, 1.82) is 0 Å². The van der Waals surface area contributed by atoms with E-state index in [0.717, 1.165) is 19.4 Å². The predicted octanol–water partition coefficient (Wildman–Crippen LogP) is 2.40. The van der Waals surface area contributed by atoms with E-state index in [1.165, 1.54) is 17.3 Å². The Morgan fingerprint density at radius 1 is 1.58 bits per heavy atom. The largest absolute Gasteiger partial charge is 0.381 e. The van der Waals surface area contributed by atoms with E-state index in [1.54, 1.807) is 7.11 Å². The van der Waals surface area contributed by atoms with Gasteiger partial charge in [-0.2, -0.15) is 0 Å². The second-order valence-corrected chi connectivity index (χ2v) is 4.28. The topological polar surface area (TPSA) is 18.5 Å². The molecule has 2 unspecified atom stereocenters. The molecular formula is C9H17IO2. The van der Waals surface area contributed by atoms with Crippen molar-refractivity contribution in [1.82, 2.24) is 0 Å². The second-order valence-electron chi connectivity index (χ2n) is 3.21. The number of alkyl halides is 1. The summed E-state index contributed by atoms with van der Waals surface area (Å²) >= 11 is 2.41. The molecule has 0 spiro atoms. The smallest absolute Gasteiger partial charge is 0.0618 e. The highest BCUT2D eigenvalue weighted by Gasteiger charge is 2.21. The van der Waals surface area contributed by atoms with Gasteiger partial charge in [0, 0.05) is 13.7 Å². The van der Waals surface area contributed by atoms with Crippen LogP contribution in [0.1, 0.15) is 25.7 Å². The van der Waals surface area contributed by atoms with Crippen molar-refractivity contribution in [3.8, 4) is 0 Å². The first-order chi connectivity index (χ1) is 5.86. The van der Waals surface area contributed by atoms with Gasteiger partial charge in [0.1, 0.15) is 0 Å². The number of halogens is 1. The van der Waals surface area contributed by atoms with Crippen LogP contribution < -0.4 is 0 Å². The van der Waals surface area contributed by atoms with Crippen LogP contribution >= 0.6 is 22.6 Å². The molecule has 0 N–H and O–H groups in total. The van der Waals surface area contributed by atoms with Gasteiger partial charge >= 0.3 is 0 Å². The average molecular weight is 284 g/mol. The number of hydrogen-bond acceptors (Lipinski definition) is 2. The summed E-state index contributed by atoms with van der Waals surface area (Å²) < 4.78 is 12.2. The van der Waals surface area contributed by atoms with Gasteiger partial charge in [0.2, 0.25) is 0 Å². The zero-order valence-corrected chi connectivity index (χ0v) is 9.75. The second kappa shape index (κ2) is 6.16.